The van der Waals surface area contributed by atoms with Gasteiger partial charge in [-0.15, -0.1) is 0 Å². The monoisotopic (exact) mass is 495 g/mol. The van der Waals surface area contributed by atoms with Crippen LogP contribution in [0.4, 0.5) is 11.4 Å². The van der Waals surface area contributed by atoms with E-state index in [1.807, 2.05) is 0 Å². The summed E-state index contributed by atoms with van der Waals surface area (Å²) in [5, 5.41) is 2.66. The Labute approximate surface area is 181 Å². The van der Waals surface area contributed by atoms with Crippen molar-refractivity contribution in [2.75, 3.05) is 17.1 Å². The average molecular weight is 497 g/mol. The molecule has 0 fully saturated rings. The Morgan fingerprint density at radius 2 is 1.76 bits per heavy atom. The molecule has 150 valence electrons. The van der Waals surface area contributed by atoms with Crippen LogP contribution in [-0.4, -0.2) is 26.4 Å². The van der Waals surface area contributed by atoms with Crippen molar-refractivity contribution >= 4 is 54.8 Å². The van der Waals surface area contributed by atoms with Gasteiger partial charge in [0.05, 0.1) is 17.7 Å². The first-order chi connectivity index (χ1) is 13.8. The zero-order valence-corrected chi connectivity index (χ0v) is 18.2. The standard InChI is InChI=1S/C19H15BrClN3O4S/c1-28-16-5-2-14(3-6-16)24-29(26,27)18-9-15(4-7-17(18)21)23-19(25)12-8-13(20)11-22-10-12/h2-11,24H,1H3,(H,23,25). The van der Waals surface area contributed by atoms with Gasteiger partial charge in [0.15, 0.2) is 0 Å². The van der Waals surface area contributed by atoms with E-state index in [1.165, 1.54) is 31.5 Å². The number of rotatable bonds is 6. The van der Waals surface area contributed by atoms with Crippen LogP contribution in [0.15, 0.2) is 70.3 Å². The number of carbonyl (C=O) groups excluding carboxylic acids is 1. The number of sulfonamides is 1. The van der Waals surface area contributed by atoms with E-state index in [-0.39, 0.29) is 15.6 Å². The summed E-state index contributed by atoms with van der Waals surface area (Å²) in [7, 11) is -2.47. The Kier molecular flexibility index (Phi) is 6.41. The molecule has 0 aliphatic heterocycles. The van der Waals surface area contributed by atoms with Crippen molar-refractivity contribution in [3.05, 3.63) is 76.0 Å². The molecule has 1 aromatic heterocycles. The largest absolute Gasteiger partial charge is 0.497 e. The molecular formula is C19H15BrClN3O4S. The third-order valence-corrected chi connectivity index (χ3v) is 6.08. The van der Waals surface area contributed by atoms with Gasteiger partial charge in [-0.2, -0.15) is 0 Å². The number of halogens is 2. The van der Waals surface area contributed by atoms with Crippen LogP contribution in [0.25, 0.3) is 0 Å². The number of hydrogen-bond acceptors (Lipinski definition) is 5. The second kappa shape index (κ2) is 8.81. The van der Waals surface area contributed by atoms with Crippen molar-refractivity contribution in [1.29, 1.82) is 0 Å². The second-order valence-corrected chi connectivity index (χ2v) is 8.80. The Balaban J connectivity index is 1.84. The zero-order valence-electron chi connectivity index (χ0n) is 15.0. The first kappa shape index (κ1) is 21.1. The van der Waals surface area contributed by atoms with E-state index in [2.05, 4.69) is 31.0 Å². The highest BCUT2D eigenvalue weighted by atomic mass is 79.9. The van der Waals surface area contributed by atoms with Gasteiger partial charge in [-0.05, 0) is 64.5 Å². The van der Waals surface area contributed by atoms with Gasteiger partial charge in [-0.3, -0.25) is 14.5 Å². The summed E-state index contributed by atoms with van der Waals surface area (Å²) in [5.41, 5.74) is 0.932. The fourth-order valence-electron chi connectivity index (χ4n) is 2.40. The molecule has 3 rings (SSSR count). The number of methoxy groups -OCH3 is 1. The predicted molar refractivity (Wildman–Crippen MR) is 115 cm³/mol. The number of hydrogen-bond donors (Lipinski definition) is 2. The lowest BCUT2D eigenvalue weighted by molar-refractivity contribution is 0.102. The van der Waals surface area contributed by atoms with Crippen LogP contribution in [0, 0.1) is 0 Å². The fraction of sp³-hybridized carbons (Fsp3) is 0.0526. The highest BCUT2D eigenvalue weighted by molar-refractivity contribution is 9.10. The van der Waals surface area contributed by atoms with E-state index >= 15 is 0 Å². The van der Waals surface area contributed by atoms with Crippen LogP contribution < -0.4 is 14.8 Å². The summed E-state index contributed by atoms with van der Waals surface area (Å²) in [6.45, 7) is 0. The van der Waals surface area contributed by atoms with Crippen LogP contribution in [0.2, 0.25) is 5.02 Å². The van der Waals surface area contributed by atoms with Gasteiger partial charge in [0.2, 0.25) is 0 Å². The van der Waals surface area contributed by atoms with Gasteiger partial charge in [0, 0.05) is 28.2 Å². The first-order valence-electron chi connectivity index (χ1n) is 8.17. The van der Waals surface area contributed by atoms with Crippen LogP contribution in [0.5, 0.6) is 5.75 Å². The maximum atomic E-state index is 12.8. The minimum atomic E-state index is -3.99. The smallest absolute Gasteiger partial charge is 0.263 e. The minimum absolute atomic E-state index is 0.0214. The van der Waals surface area contributed by atoms with Crippen molar-refractivity contribution in [2.24, 2.45) is 0 Å². The number of nitrogens with one attached hydrogen (secondary N) is 2. The summed E-state index contributed by atoms with van der Waals surface area (Å²) >= 11 is 9.35. The normalized spacial score (nSPS) is 11.0. The molecule has 2 aromatic carbocycles. The Morgan fingerprint density at radius 1 is 1.07 bits per heavy atom. The van der Waals surface area contributed by atoms with Crippen molar-refractivity contribution in [1.82, 2.24) is 4.98 Å². The molecule has 1 amide bonds. The number of nitrogens with zero attached hydrogens (tertiary/aromatic N) is 1. The van der Waals surface area contributed by atoms with Gasteiger partial charge in [-0.25, -0.2) is 8.42 Å². The maximum Gasteiger partial charge on any atom is 0.263 e. The van der Waals surface area contributed by atoms with E-state index < -0.39 is 15.9 Å². The average Bonchev–Trinajstić information content (AvgIpc) is 2.69. The van der Waals surface area contributed by atoms with Gasteiger partial charge in [0.25, 0.3) is 15.9 Å². The van der Waals surface area contributed by atoms with Crippen LogP contribution in [0.1, 0.15) is 10.4 Å². The SMILES string of the molecule is COc1ccc(NS(=O)(=O)c2cc(NC(=O)c3cncc(Br)c3)ccc2Cl)cc1. The van der Waals surface area contributed by atoms with E-state index in [0.29, 0.717) is 21.5 Å². The fourth-order valence-corrected chi connectivity index (χ4v) is 4.35. The van der Waals surface area contributed by atoms with Gasteiger partial charge in [-0.1, -0.05) is 11.6 Å². The van der Waals surface area contributed by atoms with E-state index in [9.17, 15) is 13.2 Å². The maximum absolute atomic E-state index is 12.8. The van der Waals surface area contributed by atoms with Crippen molar-refractivity contribution < 1.29 is 17.9 Å². The van der Waals surface area contributed by atoms with Gasteiger partial charge >= 0.3 is 0 Å². The third-order valence-electron chi connectivity index (χ3n) is 3.79. The summed E-state index contributed by atoms with van der Waals surface area (Å²) in [6.07, 6.45) is 2.95. The molecular weight excluding hydrogens is 482 g/mol. The van der Waals surface area contributed by atoms with Crippen molar-refractivity contribution in [3.63, 3.8) is 0 Å². The summed E-state index contributed by atoms with van der Waals surface area (Å²) in [5.74, 6) is 0.158. The molecule has 3 aromatic rings. The molecule has 0 saturated carbocycles. The molecule has 29 heavy (non-hydrogen) atoms. The number of amides is 1. The molecule has 10 heteroatoms. The highest BCUT2D eigenvalue weighted by Gasteiger charge is 2.20. The quantitative estimate of drug-likeness (QED) is 0.521. The van der Waals surface area contributed by atoms with E-state index in [1.54, 1.807) is 36.5 Å². The molecule has 0 bridgehead atoms. The second-order valence-electron chi connectivity index (χ2n) is 5.83. The summed E-state index contributed by atoms with van der Waals surface area (Å²) < 4.78 is 33.7. The molecule has 0 radical (unpaired) electrons. The summed E-state index contributed by atoms with van der Waals surface area (Å²) in [4.78, 5) is 16.1. The third kappa shape index (κ3) is 5.26. The van der Waals surface area contributed by atoms with Crippen molar-refractivity contribution in [3.8, 4) is 5.75 Å². The van der Waals surface area contributed by atoms with Crippen LogP contribution in [0.3, 0.4) is 0 Å². The predicted octanol–water partition coefficient (Wildman–Crippen LogP) is 4.56. The molecule has 2 N–H and O–H groups in total. The van der Waals surface area contributed by atoms with Gasteiger partial charge < -0.3 is 10.1 Å². The number of aromatic nitrogens is 1. The number of ether oxygens (including phenoxy) is 1. The highest BCUT2D eigenvalue weighted by Crippen LogP contribution is 2.28. The zero-order chi connectivity index (χ0) is 21.0. The molecule has 0 aliphatic carbocycles. The number of carbonyl (C=O) groups is 1. The molecule has 0 unspecified atom stereocenters. The minimum Gasteiger partial charge on any atom is -0.497 e. The van der Waals surface area contributed by atoms with E-state index in [4.69, 9.17) is 16.3 Å². The molecule has 0 atom stereocenters. The lowest BCUT2D eigenvalue weighted by Gasteiger charge is -2.12. The number of benzene rings is 2. The molecule has 0 spiro atoms. The van der Waals surface area contributed by atoms with Crippen LogP contribution >= 0.6 is 27.5 Å². The van der Waals surface area contributed by atoms with Crippen LogP contribution in [-0.2, 0) is 10.0 Å². The lowest BCUT2D eigenvalue weighted by atomic mass is 10.2. The van der Waals surface area contributed by atoms with Crippen molar-refractivity contribution in [2.45, 2.75) is 4.90 Å². The topological polar surface area (TPSA) is 97.4 Å². The summed E-state index contributed by atoms with van der Waals surface area (Å²) in [6, 6.07) is 12.2. The number of anilines is 2. The molecule has 0 aliphatic rings. The van der Waals surface area contributed by atoms with Gasteiger partial charge in [0.1, 0.15) is 10.6 Å². The lowest BCUT2D eigenvalue weighted by Crippen LogP contribution is -2.15. The number of pyridine rings is 1. The Hall–Kier alpha value is -2.62. The molecule has 0 saturated heterocycles. The Morgan fingerprint density at radius 3 is 2.41 bits per heavy atom. The first-order valence-corrected chi connectivity index (χ1v) is 10.8. The van der Waals surface area contributed by atoms with E-state index in [0.717, 1.165) is 0 Å². The molecule has 7 nitrogen and oxygen atoms in total. The Bertz CT molecular complexity index is 1150. The molecule has 1 heterocycles.